The van der Waals surface area contributed by atoms with Gasteiger partial charge < -0.3 is 5.32 Å². The third kappa shape index (κ3) is 0.689. The quantitative estimate of drug-likeness (QED) is 0.543. The van der Waals surface area contributed by atoms with Crippen molar-refractivity contribution in [2.24, 2.45) is 0 Å². The Morgan fingerprint density at radius 1 is 1.56 bits per heavy atom. The summed E-state index contributed by atoms with van der Waals surface area (Å²) in [7, 11) is 0. The van der Waals surface area contributed by atoms with E-state index in [-0.39, 0.29) is 0 Å². The van der Waals surface area contributed by atoms with Crippen molar-refractivity contribution < 1.29 is 0 Å². The van der Waals surface area contributed by atoms with Gasteiger partial charge in [0.15, 0.2) is 0 Å². The molecule has 1 heterocycles. The van der Waals surface area contributed by atoms with Crippen LogP contribution in [0.5, 0.6) is 0 Å². The Kier molecular flexibility index (Phi) is 0.950. The van der Waals surface area contributed by atoms with Crippen molar-refractivity contribution in [3.05, 3.63) is 29.8 Å². The van der Waals surface area contributed by atoms with E-state index in [9.17, 15) is 0 Å². The number of rotatable bonds is 0. The predicted molar refractivity (Wildman–Crippen MR) is 37.5 cm³/mol. The fourth-order valence-corrected chi connectivity index (χ4v) is 1.17. The molecule has 0 amide bonds. The zero-order valence-corrected chi connectivity index (χ0v) is 5.15. The zero-order chi connectivity index (χ0) is 6.10. The highest BCUT2D eigenvalue weighted by Gasteiger charge is 2.06. The van der Waals surface area contributed by atoms with Crippen molar-refractivity contribution in [1.29, 1.82) is 0 Å². The van der Waals surface area contributed by atoms with Crippen molar-refractivity contribution in [3.63, 3.8) is 0 Å². The number of benzene rings is 1. The number of para-hydroxylation sites is 1. The summed E-state index contributed by atoms with van der Waals surface area (Å²) in [6.45, 7) is 1.08. The molecule has 0 saturated carbocycles. The summed E-state index contributed by atoms with van der Waals surface area (Å²) >= 11 is 0. The summed E-state index contributed by atoms with van der Waals surface area (Å²) in [5.74, 6) is 0. The van der Waals surface area contributed by atoms with Crippen molar-refractivity contribution in [3.8, 4) is 0 Å². The van der Waals surface area contributed by atoms with Gasteiger partial charge in [-0.1, -0.05) is 18.2 Å². The second kappa shape index (κ2) is 1.76. The minimum absolute atomic E-state index is 1.08. The van der Waals surface area contributed by atoms with E-state index >= 15 is 0 Å². The Morgan fingerprint density at radius 2 is 2.56 bits per heavy atom. The molecule has 0 aromatic heterocycles. The number of hydrogen-bond acceptors (Lipinski definition) is 1. The van der Waals surface area contributed by atoms with Crippen LogP contribution in [0, 0.1) is 6.07 Å². The Bertz CT molecular complexity index is 195. The number of fused-ring (bicyclic) bond motifs is 1. The summed E-state index contributed by atoms with van der Waals surface area (Å²) in [5.41, 5.74) is 2.59. The molecule has 0 fully saturated rings. The van der Waals surface area contributed by atoms with Crippen LogP contribution >= 0.6 is 0 Å². The Morgan fingerprint density at radius 3 is 3.44 bits per heavy atom. The van der Waals surface area contributed by atoms with E-state index in [1.807, 2.05) is 12.1 Å². The number of nitrogens with one attached hydrogen (secondary N) is 1. The van der Waals surface area contributed by atoms with E-state index in [2.05, 4.69) is 17.4 Å². The van der Waals surface area contributed by atoms with Crippen LogP contribution in [-0.2, 0) is 6.42 Å². The Labute approximate surface area is 54.7 Å². The van der Waals surface area contributed by atoms with E-state index < -0.39 is 0 Å². The maximum Gasteiger partial charge on any atom is 0.0453 e. The molecule has 0 atom stereocenters. The van der Waals surface area contributed by atoms with Gasteiger partial charge in [0.2, 0.25) is 0 Å². The third-order valence-electron chi connectivity index (χ3n) is 1.64. The van der Waals surface area contributed by atoms with E-state index in [1.165, 1.54) is 11.3 Å². The van der Waals surface area contributed by atoms with Crippen molar-refractivity contribution >= 4 is 5.69 Å². The molecule has 45 valence electrons. The number of anilines is 1. The van der Waals surface area contributed by atoms with E-state index in [0.717, 1.165) is 13.0 Å². The first-order valence-corrected chi connectivity index (χ1v) is 3.20. The van der Waals surface area contributed by atoms with Crippen LogP contribution in [0.1, 0.15) is 5.56 Å². The first-order chi connectivity index (χ1) is 4.47. The van der Waals surface area contributed by atoms with Crippen LogP contribution in [0.15, 0.2) is 18.2 Å². The molecule has 0 aliphatic carbocycles. The van der Waals surface area contributed by atoms with Crippen LogP contribution in [0.3, 0.4) is 0 Å². The van der Waals surface area contributed by atoms with Gasteiger partial charge in [0.1, 0.15) is 0 Å². The Hall–Kier alpha value is -0.980. The summed E-state index contributed by atoms with van der Waals surface area (Å²) in [6.07, 6.45) is 1.16. The first kappa shape index (κ1) is 4.86. The predicted octanol–water partition coefficient (Wildman–Crippen LogP) is 1.45. The maximum atomic E-state index is 3.24. The van der Waals surface area contributed by atoms with E-state index in [1.54, 1.807) is 0 Å². The van der Waals surface area contributed by atoms with Crippen molar-refractivity contribution in [1.82, 2.24) is 0 Å². The average molecular weight is 118 g/mol. The first-order valence-electron chi connectivity index (χ1n) is 3.20. The van der Waals surface area contributed by atoms with Crippen LogP contribution in [0.2, 0.25) is 0 Å². The van der Waals surface area contributed by atoms with E-state index in [4.69, 9.17) is 0 Å². The lowest BCUT2D eigenvalue weighted by Gasteiger charge is -1.93. The van der Waals surface area contributed by atoms with Gasteiger partial charge in [-0.15, -0.1) is 0 Å². The van der Waals surface area contributed by atoms with Gasteiger partial charge in [-0.05, 0) is 12.0 Å². The van der Waals surface area contributed by atoms with Crippen LogP contribution in [0.25, 0.3) is 0 Å². The summed E-state index contributed by atoms with van der Waals surface area (Å²) in [4.78, 5) is 0. The molecule has 0 bridgehead atoms. The summed E-state index contributed by atoms with van der Waals surface area (Å²) < 4.78 is 0. The molecule has 0 saturated heterocycles. The minimum Gasteiger partial charge on any atom is -0.384 e. The maximum absolute atomic E-state index is 3.24. The molecule has 2 rings (SSSR count). The number of hydrogen-bond donors (Lipinski definition) is 1. The average Bonchev–Trinajstić information content (AvgIpc) is 2.33. The van der Waals surface area contributed by atoms with Gasteiger partial charge in [-0.3, -0.25) is 0 Å². The highest BCUT2D eigenvalue weighted by Crippen LogP contribution is 2.19. The topological polar surface area (TPSA) is 12.0 Å². The van der Waals surface area contributed by atoms with Crippen molar-refractivity contribution in [2.45, 2.75) is 6.42 Å². The third-order valence-corrected chi connectivity index (χ3v) is 1.64. The molecule has 1 aliphatic rings. The fraction of sp³-hybridized carbons (Fsp3) is 0.250. The zero-order valence-electron chi connectivity index (χ0n) is 5.15. The van der Waals surface area contributed by atoms with E-state index in [0.29, 0.717) is 0 Å². The smallest absolute Gasteiger partial charge is 0.0453 e. The molecule has 1 aromatic carbocycles. The monoisotopic (exact) mass is 118 g/mol. The molecular formula is C8H8N. The van der Waals surface area contributed by atoms with Gasteiger partial charge in [-0.25, -0.2) is 0 Å². The molecule has 1 aliphatic heterocycles. The lowest BCUT2D eigenvalue weighted by atomic mass is 10.2. The van der Waals surface area contributed by atoms with Gasteiger partial charge in [-0.2, -0.15) is 0 Å². The largest absolute Gasteiger partial charge is 0.384 e. The minimum atomic E-state index is 1.08. The van der Waals surface area contributed by atoms with Gasteiger partial charge in [0.05, 0.1) is 0 Å². The van der Waals surface area contributed by atoms with Gasteiger partial charge in [0, 0.05) is 18.3 Å². The lowest BCUT2D eigenvalue weighted by Crippen LogP contribution is -1.90. The Balaban J connectivity index is 2.54. The van der Waals surface area contributed by atoms with Crippen LogP contribution < -0.4 is 5.32 Å². The van der Waals surface area contributed by atoms with Crippen molar-refractivity contribution in [2.75, 3.05) is 11.9 Å². The molecule has 1 aromatic rings. The normalized spacial score (nSPS) is 14.7. The van der Waals surface area contributed by atoms with Crippen LogP contribution in [-0.4, -0.2) is 6.54 Å². The molecule has 1 radical (unpaired) electrons. The molecule has 1 nitrogen and oxygen atoms in total. The van der Waals surface area contributed by atoms with Gasteiger partial charge in [0.25, 0.3) is 0 Å². The highest BCUT2D eigenvalue weighted by molar-refractivity contribution is 5.53. The summed E-state index contributed by atoms with van der Waals surface area (Å²) in [6, 6.07) is 9.26. The second-order valence-corrected chi connectivity index (χ2v) is 2.25. The molecule has 0 spiro atoms. The molecule has 0 unspecified atom stereocenters. The SMILES string of the molecule is [c]1cccc2c1NCC2. The lowest BCUT2D eigenvalue weighted by molar-refractivity contribution is 1.11. The van der Waals surface area contributed by atoms with Gasteiger partial charge >= 0.3 is 0 Å². The standard InChI is InChI=1S/C8H8N/c1-2-4-8-7(3-1)5-6-9-8/h1-3,9H,5-6H2. The summed E-state index contributed by atoms with van der Waals surface area (Å²) in [5, 5.41) is 3.24. The second-order valence-electron chi connectivity index (χ2n) is 2.25. The molecule has 1 N–H and O–H groups in total. The van der Waals surface area contributed by atoms with Crippen LogP contribution in [0.4, 0.5) is 5.69 Å². The molecular weight excluding hydrogens is 110 g/mol. The fourth-order valence-electron chi connectivity index (χ4n) is 1.17. The molecule has 9 heavy (non-hydrogen) atoms. The molecule has 1 heteroatoms. The highest BCUT2D eigenvalue weighted by atomic mass is 14.9.